The van der Waals surface area contributed by atoms with Crippen LogP contribution in [0.5, 0.6) is 0 Å². The van der Waals surface area contributed by atoms with Gasteiger partial charge in [0, 0.05) is 11.1 Å². The van der Waals surface area contributed by atoms with Crippen LogP contribution in [0.4, 0.5) is 13.2 Å². The number of alkyl halides is 3. The largest absolute Gasteiger partial charge is 0.416 e. The van der Waals surface area contributed by atoms with Crippen molar-refractivity contribution in [2.45, 2.75) is 32.5 Å². The van der Waals surface area contributed by atoms with Gasteiger partial charge < -0.3 is 10.6 Å². The van der Waals surface area contributed by atoms with Crippen LogP contribution in [0.2, 0.25) is 0 Å². The molecule has 2 N–H and O–H groups in total. The van der Waals surface area contributed by atoms with Crippen LogP contribution in [0.3, 0.4) is 0 Å². The highest BCUT2D eigenvalue weighted by Crippen LogP contribution is 2.28. The lowest BCUT2D eigenvalue weighted by molar-refractivity contribution is -0.137. The summed E-state index contributed by atoms with van der Waals surface area (Å²) in [7, 11) is 0. The fourth-order valence-corrected chi connectivity index (χ4v) is 1.54. The molecule has 0 saturated heterocycles. The molecule has 1 aromatic rings. The maximum absolute atomic E-state index is 12.4. The molecule has 1 aromatic carbocycles. The summed E-state index contributed by atoms with van der Waals surface area (Å²) in [5.41, 5.74) is -1.19. The number of hydrogen-bond acceptors (Lipinski definition) is 2. The third kappa shape index (κ3) is 5.85. The summed E-state index contributed by atoms with van der Waals surface area (Å²) in [6.45, 7) is 5.14. The van der Waals surface area contributed by atoms with Gasteiger partial charge in [0.2, 0.25) is 5.91 Å². The predicted molar refractivity (Wildman–Crippen MR) is 71.7 cm³/mol. The quantitative estimate of drug-likeness (QED) is 0.900. The van der Waals surface area contributed by atoms with Gasteiger partial charge in [-0.1, -0.05) is 0 Å². The van der Waals surface area contributed by atoms with Crippen LogP contribution in [0.25, 0.3) is 0 Å². The Hall–Kier alpha value is -2.05. The van der Waals surface area contributed by atoms with E-state index in [0.717, 1.165) is 24.3 Å². The van der Waals surface area contributed by atoms with Crippen LogP contribution in [0.1, 0.15) is 36.7 Å². The highest BCUT2D eigenvalue weighted by atomic mass is 19.4. The number of nitrogens with one attached hydrogen (secondary N) is 2. The van der Waals surface area contributed by atoms with E-state index in [0.29, 0.717) is 0 Å². The number of rotatable bonds is 3. The number of benzene rings is 1. The molecule has 0 atom stereocenters. The SMILES string of the molecule is CC(C)(C)NC(=O)CNC(=O)c1ccc(C(F)(F)F)cc1. The second kappa shape index (κ2) is 6.15. The molecule has 0 fully saturated rings. The van der Waals surface area contributed by atoms with Gasteiger partial charge >= 0.3 is 6.18 Å². The average Bonchev–Trinajstić information content (AvgIpc) is 2.33. The van der Waals surface area contributed by atoms with E-state index < -0.39 is 23.2 Å². The topological polar surface area (TPSA) is 58.2 Å². The first-order valence-electron chi connectivity index (χ1n) is 6.25. The van der Waals surface area contributed by atoms with Gasteiger partial charge in [0.25, 0.3) is 5.91 Å². The fraction of sp³-hybridized carbons (Fsp3) is 0.429. The molecular formula is C14H17F3N2O2. The molecule has 0 bridgehead atoms. The van der Waals surface area contributed by atoms with E-state index in [-0.39, 0.29) is 18.0 Å². The van der Waals surface area contributed by atoms with Crippen molar-refractivity contribution in [2.24, 2.45) is 0 Å². The predicted octanol–water partition coefficient (Wildman–Crippen LogP) is 2.35. The molecule has 0 heterocycles. The Kier molecular flexibility index (Phi) is 4.98. The molecule has 7 heteroatoms. The minimum absolute atomic E-state index is 0.0616. The number of amides is 2. The van der Waals surface area contributed by atoms with E-state index in [9.17, 15) is 22.8 Å². The Morgan fingerprint density at radius 2 is 1.57 bits per heavy atom. The van der Waals surface area contributed by atoms with E-state index >= 15 is 0 Å². The summed E-state index contributed by atoms with van der Waals surface area (Å²) >= 11 is 0. The van der Waals surface area contributed by atoms with Gasteiger partial charge in [0.1, 0.15) is 0 Å². The van der Waals surface area contributed by atoms with Crippen molar-refractivity contribution in [1.82, 2.24) is 10.6 Å². The van der Waals surface area contributed by atoms with Crippen LogP contribution in [-0.4, -0.2) is 23.9 Å². The van der Waals surface area contributed by atoms with Crippen molar-refractivity contribution in [1.29, 1.82) is 0 Å². The molecule has 116 valence electrons. The van der Waals surface area contributed by atoms with Gasteiger partial charge in [0.15, 0.2) is 0 Å². The lowest BCUT2D eigenvalue weighted by atomic mass is 10.1. The van der Waals surface area contributed by atoms with Crippen molar-refractivity contribution in [3.63, 3.8) is 0 Å². The van der Waals surface area contributed by atoms with Crippen LogP contribution in [0, 0.1) is 0 Å². The van der Waals surface area contributed by atoms with Gasteiger partial charge in [-0.2, -0.15) is 13.2 Å². The van der Waals surface area contributed by atoms with E-state index in [2.05, 4.69) is 10.6 Å². The number of carbonyl (C=O) groups is 2. The van der Waals surface area contributed by atoms with Gasteiger partial charge in [-0.3, -0.25) is 9.59 Å². The number of halogens is 3. The molecule has 21 heavy (non-hydrogen) atoms. The molecule has 2 amide bonds. The summed E-state index contributed by atoms with van der Waals surface area (Å²) in [6.07, 6.45) is -4.44. The Labute approximate surface area is 120 Å². The van der Waals surface area contributed by atoms with Crippen molar-refractivity contribution in [3.05, 3.63) is 35.4 Å². The molecule has 0 radical (unpaired) electrons. The van der Waals surface area contributed by atoms with Gasteiger partial charge in [-0.15, -0.1) is 0 Å². The zero-order valence-electron chi connectivity index (χ0n) is 12.0. The zero-order chi connectivity index (χ0) is 16.3. The lowest BCUT2D eigenvalue weighted by Crippen LogP contribution is -2.45. The number of carbonyl (C=O) groups excluding carboxylic acids is 2. The molecular weight excluding hydrogens is 285 g/mol. The van der Waals surface area contributed by atoms with Crippen LogP contribution >= 0.6 is 0 Å². The monoisotopic (exact) mass is 302 g/mol. The third-order valence-corrected chi connectivity index (χ3v) is 2.40. The van der Waals surface area contributed by atoms with Crippen LogP contribution < -0.4 is 10.6 Å². The first-order chi connectivity index (χ1) is 9.49. The van der Waals surface area contributed by atoms with Gasteiger partial charge in [0.05, 0.1) is 12.1 Å². The summed E-state index contributed by atoms with van der Waals surface area (Å²) in [5, 5.41) is 5.00. The molecule has 0 aromatic heterocycles. The third-order valence-electron chi connectivity index (χ3n) is 2.40. The summed E-state index contributed by atoms with van der Waals surface area (Å²) in [6, 6.07) is 3.79. The second-order valence-electron chi connectivity index (χ2n) is 5.56. The number of hydrogen-bond donors (Lipinski definition) is 2. The Morgan fingerprint density at radius 1 is 1.05 bits per heavy atom. The normalized spacial score (nSPS) is 11.9. The minimum atomic E-state index is -4.44. The van der Waals surface area contributed by atoms with Crippen molar-refractivity contribution in [3.8, 4) is 0 Å². The van der Waals surface area contributed by atoms with Crippen molar-refractivity contribution < 1.29 is 22.8 Å². The second-order valence-corrected chi connectivity index (χ2v) is 5.56. The van der Waals surface area contributed by atoms with Gasteiger partial charge in [-0.05, 0) is 45.0 Å². The van der Waals surface area contributed by atoms with Crippen molar-refractivity contribution >= 4 is 11.8 Å². The Morgan fingerprint density at radius 3 is 2.00 bits per heavy atom. The molecule has 1 rings (SSSR count). The highest BCUT2D eigenvalue weighted by molar-refractivity contribution is 5.96. The smallest absolute Gasteiger partial charge is 0.350 e. The average molecular weight is 302 g/mol. The fourth-order valence-electron chi connectivity index (χ4n) is 1.54. The van der Waals surface area contributed by atoms with Gasteiger partial charge in [-0.25, -0.2) is 0 Å². The summed E-state index contributed by atoms with van der Waals surface area (Å²) < 4.78 is 37.1. The Bertz CT molecular complexity index is 517. The zero-order valence-corrected chi connectivity index (χ0v) is 12.0. The molecule has 0 aliphatic heterocycles. The summed E-state index contributed by atoms with van der Waals surface area (Å²) in [5.74, 6) is -0.976. The van der Waals surface area contributed by atoms with E-state index in [4.69, 9.17) is 0 Å². The lowest BCUT2D eigenvalue weighted by Gasteiger charge is -2.20. The standard InChI is InChI=1S/C14H17F3N2O2/c1-13(2,3)19-11(20)8-18-12(21)9-4-6-10(7-5-9)14(15,16)17/h4-7H,8H2,1-3H3,(H,18,21)(H,19,20). The Balaban J connectivity index is 2.59. The molecule has 0 spiro atoms. The molecule has 0 saturated carbocycles. The minimum Gasteiger partial charge on any atom is -0.350 e. The summed E-state index contributed by atoms with van der Waals surface area (Å²) in [4.78, 5) is 23.2. The van der Waals surface area contributed by atoms with Crippen molar-refractivity contribution in [2.75, 3.05) is 6.54 Å². The first-order valence-corrected chi connectivity index (χ1v) is 6.25. The maximum atomic E-state index is 12.4. The van der Waals surface area contributed by atoms with E-state index in [1.165, 1.54) is 0 Å². The van der Waals surface area contributed by atoms with Crippen LogP contribution in [-0.2, 0) is 11.0 Å². The maximum Gasteiger partial charge on any atom is 0.416 e. The molecule has 0 aliphatic carbocycles. The molecule has 4 nitrogen and oxygen atoms in total. The molecule has 0 aliphatic rings. The first kappa shape index (κ1) is 17.0. The van der Waals surface area contributed by atoms with E-state index in [1.54, 1.807) is 20.8 Å². The molecule has 0 unspecified atom stereocenters. The van der Waals surface area contributed by atoms with E-state index in [1.807, 2.05) is 0 Å². The highest BCUT2D eigenvalue weighted by Gasteiger charge is 2.30. The van der Waals surface area contributed by atoms with Crippen LogP contribution in [0.15, 0.2) is 24.3 Å².